The molecule has 0 aliphatic carbocycles. The van der Waals surface area contributed by atoms with Gasteiger partial charge in [-0.15, -0.1) is 0 Å². The highest BCUT2D eigenvalue weighted by Gasteiger charge is 2.32. The third-order valence-corrected chi connectivity index (χ3v) is 4.48. The molecule has 0 radical (unpaired) electrons. The zero-order valence-corrected chi connectivity index (χ0v) is 16.5. The minimum Gasteiger partial charge on any atom is -0.483 e. The average Bonchev–Trinajstić information content (AvgIpc) is 2.92. The predicted molar refractivity (Wildman–Crippen MR) is 104 cm³/mol. The molecule has 0 fully saturated rings. The molecule has 4 heteroatoms. The first-order valence-electron chi connectivity index (χ1n) is 9.64. The Morgan fingerprint density at radius 2 is 2.00 bits per heavy atom. The normalized spacial score (nSPS) is 14.2. The molecule has 0 bridgehead atoms. The Labute approximate surface area is 157 Å². The Balaban J connectivity index is 1.78. The van der Waals surface area contributed by atoms with Gasteiger partial charge in [0, 0.05) is 17.9 Å². The lowest BCUT2D eigenvalue weighted by Crippen LogP contribution is -2.31. The molecular formula is C22H31NO3. The second kappa shape index (κ2) is 9.52. The van der Waals surface area contributed by atoms with Crippen LogP contribution in [-0.2, 0) is 11.2 Å². The van der Waals surface area contributed by atoms with Gasteiger partial charge in [0.2, 0.25) is 5.91 Å². The van der Waals surface area contributed by atoms with Crippen molar-refractivity contribution in [3.8, 4) is 23.3 Å². The molecule has 1 aliphatic heterocycles. The molecule has 1 aromatic rings. The molecule has 2 rings (SSSR count). The van der Waals surface area contributed by atoms with Gasteiger partial charge in [-0.3, -0.25) is 4.79 Å². The molecule has 4 nitrogen and oxygen atoms in total. The highest BCUT2D eigenvalue weighted by atomic mass is 16.5. The standard InChI is InChI=1S/C22H31NO3/c1-5-10-17(11-6-2)21(24)23-14-7-8-15-25-19-13-9-12-18-16-22(3,4)26-20(18)19/h9,12-13,17H,5-6,10-11,14-16H2,1-4H3,(H,23,24). The SMILES string of the molecule is CCCC(CCC)C(=O)NCC#CCOc1cccc2c1OC(C)(C)C2. The fraction of sp³-hybridized carbons (Fsp3) is 0.591. The summed E-state index contributed by atoms with van der Waals surface area (Å²) in [5, 5.41) is 2.91. The topological polar surface area (TPSA) is 47.6 Å². The second-order valence-corrected chi connectivity index (χ2v) is 7.42. The maximum Gasteiger partial charge on any atom is 0.223 e. The van der Waals surface area contributed by atoms with Crippen molar-refractivity contribution in [3.05, 3.63) is 23.8 Å². The van der Waals surface area contributed by atoms with E-state index in [4.69, 9.17) is 9.47 Å². The summed E-state index contributed by atoms with van der Waals surface area (Å²) in [5.74, 6) is 7.70. The van der Waals surface area contributed by atoms with Gasteiger partial charge in [-0.1, -0.05) is 50.7 Å². The van der Waals surface area contributed by atoms with Crippen molar-refractivity contribution in [3.63, 3.8) is 0 Å². The highest BCUT2D eigenvalue weighted by molar-refractivity contribution is 5.78. The fourth-order valence-corrected chi connectivity index (χ4v) is 3.31. The van der Waals surface area contributed by atoms with E-state index in [-0.39, 0.29) is 24.0 Å². The first-order chi connectivity index (χ1) is 12.5. The summed E-state index contributed by atoms with van der Waals surface area (Å²) in [5.41, 5.74) is 0.983. The maximum absolute atomic E-state index is 12.1. The molecule has 142 valence electrons. The molecule has 1 aliphatic rings. The number of amides is 1. The minimum atomic E-state index is -0.189. The van der Waals surface area contributed by atoms with E-state index in [0.29, 0.717) is 6.54 Å². The van der Waals surface area contributed by atoms with Crippen LogP contribution in [0.15, 0.2) is 18.2 Å². The van der Waals surface area contributed by atoms with Crippen LogP contribution in [0.25, 0.3) is 0 Å². The van der Waals surface area contributed by atoms with Crippen LogP contribution in [0.3, 0.4) is 0 Å². The number of rotatable bonds is 8. The molecular weight excluding hydrogens is 326 g/mol. The molecule has 0 spiro atoms. The lowest BCUT2D eigenvalue weighted by Gasteiger charge is -2.17. The third-order valence-electron chi connectivity index (χ3n) is 4.48. The quantitative estimate of drug-likeness (QED) is 0.712. The van der Waals surface area contributed by atoms with Crippen LogP contribution >= 0.6 is 0 Å². The Kier molecular flexibility index (Phi) is 7.38. The lowest BCUT2D eigenvalue weighted by molar-refractivity contribution is -0.125. The molecule has 0 aromatic heterocycles. The molecule has 1 heterocycles. The van der Waals surface area contributed by atoms with E-state index in [1.165, 1.54) is 5.56 Å². The summed E-state index contributed by atoms with van der Waals surface area (Å²) in [4.78, 5) is 12.1. The van der Waals surface area contributed by atoms with Crippen molar-refractivity contribution in [2.75, 3.05) is 13.2 Å². The number of ether oxygens (including phenoxy) is 2. The summed E-state index contributed by atoms with van der Waals surface area (Å²) >= 11 is 0. The van der Waals surface area contributed by atoms with Gasteiger partial charge >= 0.3 is 0 Å². The molecule has 1 amide bonds. The van der Waals surface area contributed by atoms with Gasteiger partial charge in [-0.25, -0.2) is 0 Å². The van der Waals surface area contributed by atoms with Gasteiger partial charge in [0.25, 0.3) is 0 Å². The number of para-hydroxylation sites is 1. The molecule has 1 aromatic carbocycles. The fourth-order valence-electron chi connectivity index (χ4n) is 3.31. The number of fused-ring (bicyclic) bond motifs is 1. The van der Waals surface area contributed by atoms with Crippen molar-refractivity contribution >= 4 is 5.91 Å². The van der Waals surface area contributed by atoms with Gasteiger partial charge < -0.3 is 14.8 Å². The largest absolute Gasteiger partial charge is 0.483 e. The number of hydrogen-bond acceptors (Lipinski definition) is 3. The third kappa shape index (κ3) is 5.69. The maximum atomic E-state index is 12.1. The van der Waals surface area contributed by atoms with Gasteiger partial charge in [-0.05, 0) is 32.8 Å². The Bertz CT molecular complexity index is 664. The van der Waals surface area contributed by atoms with Gasteiger partial charge in [0.05, 0.1) is 6.54 Å². The first kappa shape index (κ1) is 20.2. The molecule has 0 saturated carbocycles. The zero-order chi connectivity index (χ0) is 19.0. The average molecular weight is 357 g/mol. The van der Waals surface area contributed by atoms with E-state index >= 15 is 0 Å². The number of carbonyl (C=O) groups is 1. The van der Waals surface area contributed by atoms with Crippen LogP contribution in [0, 0.1) is 17.8 Å². The molecule has 0 unspecified atom stereocenters. The Hall–Kier alpha value is -2.15. The summed E-state index contributed by atoms with van der Waals surface area (Å²) in [6.45, 7) is 9.01. The first-order valence-corrected chi connectivity index (χ1v) is 9.64. The summed E-state index contributed by atoms with van der Waals surface area (Å²) < 4.78 is 11.7. The Morgan fingerprint density at radius 1 is 1.27 bits per heavy atom. The second-order valence-electron chi connectivity index (χ2n) is 7.42. The van der Waals surface area contributed by atoms with E-state index in [1.807, 2.05) is 12.1 Å². The summed E-state index contributed by atoms with van der Waals surface area (Å²) in [6, 6.07) is 5.96. The van der Waals surface area contributed by atoms with Crippen LogP contribution < -0.4 is 14.8 Å². The van der Waals surface area contributed by atoms with Gasteiger partial charge in [-0.2, -0.15) is 0 Å². The highest BCUT2D eigenvalue weighted by Crippen LogP contribution is 2.41. The van der Waals surface area contributed by atoms with Crippen LogP contribution in [0.2, 0.25) is 0 Å². The van der Waals surface area contributed by atoms with Crippen LogP contribution in [0.5, 0.6) is 11.5 Å². The van der Waals surface area contributed by atoms with Crippen molar-refractivity contribution < 1.29 is 14.3 Å². The molecule has 26 heavy (non-hydrogen) atoms. The van der Waals surface area contributed by atoms with Crippen molar-refractivity contribution in [2.24, 2.45) is 5.92 Å². The molecule has 1 N–H and O–H groups in total. The Morgan fingerprint density at radius 3 is 2.69 bits per heavy atom. The van der Waals surface area contributed by atoms with E-state index in [2.05, 4.69) is 50.9 Å². The number of nitrogens with one attached hydrogen (secondary N) is 1. The zero-order valence-electron chi connectivity index (χ0n) is 16.5. The predicted octanol–water partition coefficient (Wildman–Crippen LogP) is 4.11. The van der Waals surface area contributed by atoms with Crippen molar-refractivity contribution in [1.82, 2.24) is 5.32 Å². The summed E-state index contributed by atoms with van der Waals surface area (Å²) in [7, 11) is 0. The van der Waals surface area contributed by atoms with E-state index in [9.17, 15) is 4.79 Å². The molecule has 0 saturated heterocycles. The van der Waals surface area contributed by atoms with Gasteiger partial charge in [0.15, 0.2) is 11.5 Å². The number of hydrogen-bond donors (Lipinski definition) is 1. The van der Waals surface area contributed by atoms with Crippen LogP contribution in [0.1, 0.15) is 58.9 Å². The monoisotopic (exact) mass is 357 g/mol. The number of benzene rings is 1. The van der Waals surface area contributed by atoms with Crippen LogP contribution in [0.4, 0.5) is 0 Å². The minimum absolute atomic E-state index is 0.107. The van der Waals surface area contributed by atoms with Crippen LogP contribution in [-0.4, -0.2) is 24.7 Å². The number of carbonyl (C=O) groups excluding carboxylic acids is 1. The molecule has 0 atom stereocenters. The summed E-state index contributed by atoms with van der Waals surface area (Å²) in [6.07, 6.45) is 4.81. The van der Waals surface area contributed by atoms with Crippen molar-refractivity contribution in [2.45, 2.75) is 65.4 Å². The van der Waals surface area contributed by atoms with E-state index in [0.717, 1.165) is 43.6 Å². The van der Waals surface area contributed by atoms with Crippen molar-refractivity contribution in [1.29, 1.82) is 0 Å². The van der Waals surface area contributed by atoms with E-state index in [1.54, 1.807) is 0 Å². The smallest absolute Gasteiger partial charge is 0.223 e. The van der Waals surface area contributed by atoms with E-state index < -0.39 is 0 Å². The lowest BCUT2D eigenvalue weighted by atomic mass is 9.97. The van der Waals surface area contributed by atoms with Gasteiger partial charge in [0.1, 0.15) is 12.2 Å².